The lowest BCUT2D eigenvalue weighted by molar-refractivity contribution is -0.123. The van der Waals surface area contributed by atoms with Crippen molar-refractivity contribution in [2.24, 2.45) is 10.7 Å². The summed E-state index contributed by atoms with van der Waals surface area (Å²) in [6.07, 6.45) is 0.802. The predicted octanol–water partition coefficient (Wildman–Crippen LogP) is -0.406. The van der Waals surface area contributed by atoms with Crippen LogP contribution >= 0.6 is 0 Å². The van der Waals surface area contributed by atoms with E-state index in [2.05, 4.69) is 15.6 Å². The summed E-state index contributed by atoms with van der Waals surface area (Å²) < 4.78 is 0. The van der Waals surface area contributed by atoms with Gasteiger partial charge >= 0.3 is 0 Å². The van der Waals surface area contributed by atoms with Crippen molar-refractivity contribution < 1.29 is 14.7 Å². The van der Waals surface area contributed by atoms with Crippen molar-refractivity contribution in [3.05, 3.63) is 46.5 Å². The molecule has 0 bridgehead atoms. The van der Waals surface area contributed by atoms with E-state index in [-0.39, 0.29) is 10.9 Å². The number of nitrogens with one attached hydrogen (secondary N) is 3. The highest BCUT2D eigenvalue weighted by Crippen LogP contribution is 2.15. The summed E-state index contributed by atoms with van der Waals surface area (Å²) in [5, 5.41) is 32.3. The highest BCUT2D eigenvalue weighted by atomic mass is 16.5. The zero-order chi connectivity index (χ0) is 17.0. The molecular weight excluding hydrogens is 304 g/mol. The van der Waals surface area contributed by atoms with Gasteiger partial charge in [0, 0.05) is 11.3 Å². The molecule has 0 aromatic heterocycles. The van der Waals surface area contributed by atoms with E-state index in [0.29, 0.717) is 11.3 Å². The number of benzene rings is 1. The molecule has 1 aromatic rings. The third-order valence-electron chi connectivity index (χ3n) is 2.94. The molecule has 120 valence electrons. The van der Waals surface area contributed by atoms with E-state index in [9.17, 15) is 19.9 Å². The maximum atomic E-state index is 12.0. The first kappa shape index (κ1) is 16.0. The van der Waals surface area contributed by atoms with E-state index in [1.54, 1.807) is 12.1 Å². The number of hydrogen-bond acceptors (Lipinski definition) is 6. The highest BCUT2D eigenvalue weighted by molar-refractivity contribution is 6.23. The number of hydroxylamine groups is 2. The van der Waals surface area contributed by atoms with Crippen LogP contribution in [-0.2, 0) is 9.59 Å². The number of aliphatic imine (C=N–C) groups is 1. The summed E-state index contributed by atoms with van der Waals surface area (Å²) in [7, 11) is 0. The molecule has 0 saturated carbocycles. The fraction of sp³-hybridized carbons (Fsp3) is 0.0769. The van der Waals surface area contributed by atoms with Crippen LogP contribution in [0.4, 0.5) is 5.69 Å². The van der Waals surface area contributed by atoms with E-state index in [1.807, 2.05) is 0 Å². The van der Waals surface area contributed by atoms with Crippen LogP contribution in [0.25, 0.3) is 0 Å². The molecule has 10 nitrogen and oxygen atoms in total. The summed E-state index contributed by atoms with van der Waals surface area (Å²) in [4.78, 5) is 27.2. The van der Waals surface area contributed by atoms with Crippen LogP contribution in [0.2, 0.25) is 0 Å². The lowest BCUT2D eigenvalue weighted by atomic mass is 10.1. The number of nitrogens with two attached hydrogens (primary N) is 1. The van der Waals surface area contributed by atoms with Gasteiger partial charge in [-0.2, -0.15) is 0 Å². The molecule has 0 radical (unpaired) electrons. The van der Waals surface area contributed by atoms with Crippen molar-refractivity contribution in [2.45, 2.75) is 0 Å². The number of amidine groups is 1. The van der Waals surface area contributed by atoms with Crippen LogP contribution in [0.3, 0.4) is 0 Å². The molecular formula is C13H13N6O4-. The van der Waals surface area contributed by atoms with E-state index >= 15 is 0 Å². The average Bonchev–Trinajstić information content (AvgIpc) is 2.52. The Kier molecular flexibility index (Phi) is 4.57. The molecule has 0 aliphatic carbocycles. The molecule has 1 aliphatic heterocycles. The van der Waals surface area contributed by atoms with Gasteiger partial charge in [-0.05, 0) is 24.3 Å². The maximum absolute atomic E-state index is 12.0. The van der Waals surface area contributed by atoms with E-state index in [1.165, 1.54) is 12.1 Å². The third-order valence-corrected chi connectivity index (χ3v) is 2.94. The smallest absolute Gasteiger partial charge is 0.266 e. The van der Waals surface area contributed by atoms with Crippen molar-refractivity contribution >= 4 is 29.7 Å². The Balaban J connectivity index is 2.17. The SMILES string of the molecule is N=CN=C(N)c1ccc(NC(=O)C2=C(O)N([O-])CNC2=O)cc1. The third kappa shape index (κ3) is 3.44. The minimum Gasteiger partial charge on any atom is -0.755 e. The molecule has 1 aromatic carbocycles. The first-order chi connectivity index (χ1) is 10.9. The number of anilines is 1. The molecule has 0 unspecified atom stereocenters. The predicted molar refractivity (Wildman–Crippen MR) is 82.5 cm³/mol. The second-order valence-corrected chi connectivity index (χ2v) is 4.42. The molecule has 1 heterocycles. The van der Waals surface area contributed by atoms with E-state index in [4.69, 9.17) is 11.1 Å². The van der Waals surface area contributed by atoms with Gasteiger partial charge in [0.15, 0.2) is 11.5 Å². The Hall–Kier alpha value is -3.40. The number of aliphatic hydroxyl groups excluding tert-OH is 1. The second-order valence-electron chi connectivity index (χ2n) is 4.42. The van der Waals surface area contributed by atoms with Gasteiger partial charge in [-0.3, -0.25) is 15.0 Å². The van der Waals surface area contributed by atoms with Gasteiger partial charge in [-0.15, -0.1) is 0 Å². The summed E-state index contributed by atoms with van der Waals surface area (Å²) in [5.41, 5.74) is 5.79. The summed E-state index contributed by atoms with van der Waals surface area (Å²) in [5.74, 6) is -2.57. The van der Waals surface area contributed by atoms with Gasteiger partial charge in [0.2, 0.25) is 0 Å². The molecule has 0 spiro atoms. The van der Waals surface area contributed by atoms with Crippen LogP contribution in [0.1, 0.15) is 5.56 Å². The van der Waals surface area contributed by atoms with Crippen molar-refractivity contribution in [3.63, 3.8) is 0 Å². The van der Waals surface area contributed by atoms with Gasteiger partial charge in [-0.1, -0.05) is 0 Å². The summed E-state index contributed by atoms with van der Waals surface area (Å²) in [6, 6.07) is 6.08. The lowest BCUT2D eigenvalue weighted by Gasteiger charge is -2.33. The topological polar surface area (TPSA) is 167 Å². The molecule has 1 aliphatic rings. The van der Waals surface area contributed by atoms with Crippen molar-refractivity contribution in [1.82, 2.24) is 10.4 Å². The first-order valence-electron chi connectivity index (χ1n) is 6.34. The zero-order valence-corrected chi connectivity index (χ0v) is 11.7. The quantitative estimate of drug-likeness (QED) is 0.287. The Bertz CT molecular complexity index is 710. The van der Waals surface area contributed by atoms with E-state index in [0.717, 1.165) is 6.34 Å². The molecule has 6 N–H and O–H groups in total. The fourth-order valence-corrected chi connectivity index (χ4v) is 1.80. The second kappa shape index (κ2) is 6.58. The summed E-state index contributed by atoms with van der Waals surface area (Å²) >= 11 is 0. The molecule has 0 atom stereocenters. The molecule has 2 rings (SSSR count). The number of aliphatic hydroxyl groups is 1. The van der Waals surface area contributed by atoms with Crippen LogP contribution in [0, 0.1) is 10.6 Å². The summed E-state index contributed by atoms with van der Waals surface area (Å²) in [6.45, 7) is -0.429. The van der Waals surface area contributed by atoms with Crippen LogP contribution in [0.15, 0.2) is 40.7 Å². The van der Waals surface area contributed by atoms with Crippen molar-refractivity contribution in [3.8, 4) is 0 Å². The van der Waals surface area contributed by atoms with E-state index < -0.39 is 29.9 Å². The van der Waals surface area contributed by atoms with Crippen LogP contribution < -0.4 is 16.4 Å². The van der Waals surface area contributed by atoms with Crippen LogP contribution in [0.5, 0.6) is 0 Å². The highest BCUT2D eigenvalue weighted by Gasteiger charge is 2.27. The number of carbonyl (C=O) groups is 2. The molecule has 23 heavy (non-hydrogen) atoms. The van der Waals surface area contributed by atoms with Crippen molar-refractivity contribution in [2.75, 3.05) is 12.0 Å². The Morgan fingerprint density at radius 3 is 2.74 bits per heavy atom. The Labute approximate surface area is 130 Å². The van der Waals surface area contributed by atoms with Gasteiger partial charge in [-0.25, -0.2) is 4.99 Å². The number of amides is 2. The van der Waals surface area contributed by atoms with Gasteiger partial charge in [0.05, 0.1) is 6.67 Å². The van der Waals surface area contributed by atoms with Crippen LogP contribution in [-0.4, -0.2) is 40.8 Å². The number of hydrogen-bond donors (Lipinski definition) is 5. The van der Waals surface area contributed by atoms with Gasteiger partial charge in [0.25, 0.3) is 11.8 Å². The monoisotopic (exact) mass is 317 g/mol. The zero-order valence-electron chi connectivity index (χ0n) is 11.7. The minimum absolute atomic E-state index is 0.0912. The number of nitrogens with zero attached hydrogens (tertiary/aromatic N) is 2. The largest absolute Gasteiger partial charge is 0.755 e. The van der Waals surface area contributed by atoms with Gasteiger partial charge < -0.3 is 31.7 Å². The molecule has 0 saturated heterocycles. The first-order valence-corrected chi connectivity index (χ1v) is 6.34. The number of rotatable bonds is 4. The average molecular weight is 317 g/mol. The minimum atomic E-state index is -0.940. The Morgan fingerprint density at radius 2 is 2.13 bits per heavy atom. The molecule has 10 heteroatoms. The fourth-order valence-electron chi connectivity index (χ4n) is 1.80. The maximum Gasteiger partial charge on any atom is 0.266 e. The normalized spacial score (nSPS) is 15.3. The molecule has 0 fully saturated rings. The van der Waals surface area contributed by atoms with Crippen molar-refractivity contribution in [1.29, 1.82) is 5.41 Å². The Morgan fingerprint density at radius 1 is 1.48 bits per heavy atom. The van der Waals surface area contributed by atoms with Gasteiger partial charge in [0.1, 0.15) is 12.2 Å². The standard InChI is InChI=1S/C13H13N6O4/c14-5-16-10(15)7-1-3-8(4-2-7)18-12(21)9-11(20)17-6-19(23)13(9)22/h1-5,22H,6H2,(H,17,20)(H,18,21)(H3,14,15,16)/q-1. The lowest BCUT2D eigenvalue weighted by Crippen LogP contribution is -2.44. The number of carbonyl (C=O) groups excluding carboxylic acids is 2. The molecule has 2 amide bonds.